The molecule has 0 amide bonds. The number of nitrogens with zero attached hydrogens (tertiary/aromatic N) is 2. The maximum Gasteiger partial charge on any atom is 0.359 e. The van der Waals surface area contributed by atoms with Crippen molar-refractivity contribution in [2.75, 3.05) is 39.4 Å². The van der Waals surface area contributed by atoms with Gasteiger partial charge in [-0.1, -0.05) is 0 Å². The van der Waals surface area contributed by atoms with E-state index in [9.17, 15) is 9.90 Å². The van der Waals surface area contributed by atoms with Gasteiger partial charge in [0.1, 0.15) is 13.1 Å². The zero-order valence-electron chi connectivity index (χ0n) is 14.0. The van der Waals surface area contributed by atoms with Gasteiger partial charge in [0, 0.05) is 26.0 Å². The Balaban J connectivity index is 2.00. The molecule has 0 aromatic carbocycles. The predicted octanol–water partition coefficient (Wildman–Crippen LogP) is 1.22. The number of aryl methyl sites for hydroxylation is 3. The van der Waals surface area contributed by atoms with Gasteiger partial charge >= 0.3 is 5.97 Å². The zero-order valence-corrected chi connectivity index (χ0v) is 14.0. The Kier molecular flexibility index (Phi) is 5.53. The van der Waals surface area contributed by atoms with Gasteiger partial charge in [0.15, 0.2) is 24.5 Å². The molecule has 0 unspecified atom stereocenters. The van der Waals surface area contributed by atoms with E-state index in [1.54, 1.807) is 0 Å². The van der Waals surface area contributed by atoms with Crippen LogP contribution in [-0.4, -0.2) is 55.0 Å². The second-order valence-corrected chi connectivity index (χ2v) is 6.50. The average Bonchev–Trinajstić information content (AvgIpc) is 2.42. The number of carboxylic acids is 1. The summed E-state index contributed by atoms with van der Waals surface area (Å²) in [7, 11) is 0. The van der Waals surface area contributed by atoms with Crippen molar-refractivity contribution in [2.45, 2.75) is 33.7 Å². The van der Waals surface area contributed by atoms with E-state index in [1.807, 2.05) is 0 Å². The summed E-state index contributed by atoms with van der Waals surface area (Å²) in [5.74, 6) is -0.711. The number of aromatic nitrogens is 1. The van der Waals surface area contributed by atoms with Crippen LogP contribution in [0.4, 0.5) is 0 Å². The van der Waals surface area contributed by atoms with E-state index >= 15 is 0 Å². The Morgan fingerprint density at radius 1 is 1.23 bits per heavy atom. The van der Waals surface area contributed by atoms with Crippen molar-refractivity contribution in [2.24, 2.45) is 0 Å². The molecular weight excluding hydrogens is 280 g/mol. The molecule has 1 aliphatic heterocycles. The fraction of sp³-hybridized carbons (Fsp3) is 0.647. The van der Waals surface area contributed by atoms with E-state index in [-0.39, 0.29) is 6.54 Å². The van der Waals surface area contributed by atoms with Gasteiger partial charge in [-0.2, -0.15) is 0 Å². The molecule has 0 aliphatic carbocycles. The molecule has 2 rings (SSSR count). The van der Waals surface area contributed by atoms with Gasteiger partial charge < -0.3 is 14.3 Å². The highest BCUT2D eigenvalue weighted by Gasteiger charge is 2.33. The molecule has 0 radical (unpaired) electrons. The first-order valence-electron chi connectivity index (χ1n) is 8.04. The van der Waals surface area contributed by atoms with Crippen molar-refractivity contribution in [3.05, 3.63) is 29.1 Å². The first-order valence-corrected chi connectivity index (χ1v) is 8.04. The summed E-state index contributed by atoms with van der Waals surface area (Å²) >= 11 is 0. The number of ether oxygens (including phenoxy) is 1. The number of carbonyl (C=O) groups is 1. The molecule has 1 aromatic rings. The Morgan fingerprint density at radius 2 is 1.82 bits per heavy atom. The summed E-state index contributed by atoms with van der Waals surface area (Å²) in [6.45, 7) is 11.4. The normalized spacial score (nSPS) is 17.4. The SMILES string of the molecule is Cc1cc(C)[n+](CCC[N+]2(CC(=O)O)CCOCC2)c(C)c1. The molecule has 1 fully saturated rings. The molecule has 1 aliphatic rings. The van der Waals surface area contributed by atoms with Crippen LogP contribution in [0.15, 0.2) is 12.1 Å². The lowest BCUT2D eigenvalue weighted by Crippen LogP contribution is -2.58. The van der Waals surface area contributed by atoms with Gasteiger partial charge in [-0.3, -0.25) is 0 Å². The molecule has 0 saturated carbocycles. The average molecular weight is 308 g/mol. The number of hydrogen-bond donors (Lipinski definition) is 1. The van der Waals surface area contributed by atoms with Crippen LogP contribution in [0.25, 0.3) is 0 Å². The molecule has 1 N–H and O–H groups in total. The lowest BCUT2D eigenvalue weighted by atomic mass is 10.2. The smallest absolute Gasteiger partial charge is 0.359 e. The van der Waals surface area contributed by atoms with E-state index in [2.05, 4.69) is 37.5 Å². The largest absolute Gasteiger partial charge is 0.477 e. The highest BCUT2D eigenvalue weighted by Crippen LogP contribution is 2.13. The second-order valence-electron chi connectivity index (χ2n) is 6.50. The minimum atomic E-state index is -0.711. The molecule has 22 heavy (non-hydrogen) atoms. The predicted molar refractivity (Wildman–Crippen MR) is 83.6 cm³/mol. The molecule has 1 saturated heterocycles. The van der Waals surface area contributed by atoms with Gasteiger partial charge in [0.25, 0.3) is 0 Å². The van der Waals surface area contributed by atoms with Crippen LogP contribution < -0.4 is 4.57 Å². The molecule has 0 atom stereocenters. The molecule has 0 bridgehead atoms. The third-order valence-corrected chi connectivity index (χ3v) is 4.63. The van der Waals surface area contributed by atoms with E-state index in [4.69, 9.17) is 4.74 Å². The number of hydrogen-bond acceptors (Lipinski definition) is 2. The Hall–Kier alpha value is -1.46. The second kappa shape index (κ2) is 7.20. The monoisotopic (exact) mass is 308 g/mol. The molecular formula is C17H28N2O3+2. The van der Waals surface area contributed by atoms with Crippen molar-refractivity contribution in [3.63, 3.8) is 0 Å². The van der Waals surface area contributed by atoms with Crippen LogP contribution in [0.3, 0.4) is 0 Å². The van der Waals surface area contributed by atoms with Gasteiger partial charge in [-0.25, -0.2) is 9.36 Å². The van der Waals surface area contributed by atoms with Crippen LogP contribution in [0, 0.1) is 20.8 Å². The van der Waals surface area contributed by atoms with Gasteiger partial charge in [0.2, 0.25) is 0 Å². The summed E-state index contributed by atoms with van der Waals surface area (Å²) in [6, 6.07) is 4.40. The first-order chi connectivity index (χ1) is 10.4. The van der Waals surface area contributed by atoms with E-state index in [0.717, 1.165) is 32.6 Å². The number of morpholine rings is 1. The van der Waals surface area contributed by atoms with Crippen molar-refractivity contribution >= 4 is 5.97 Å². The summed E-state index contributed by atoms with van der Waals surface area (Å²) in [6.07, 6.45) is 0.989. The first kappa shape index (κ1) is 16.9. The summed E-state index contributed by atoms with van der Waals surface area (Å²) in [5.41, 5.74) is 3.82. The fourth-order valence-corrected chi connectivity index (χ4v) is 3.53. The topological polar surface area (TPSA) is 50.4 Å². The third kappa shape index (κ3) is 4.27. The van der Waals surface area contributed by atoms with Crippen LogP contribution in [0.5, 0.6) is 0 Å². The summed E-state index contributed by atoms with van der Waals surface area (Å²) in [4.78, 5) is 11.2. The standard InChI is InChI=1S/C17H27N2O3/c1-14-11-15(2)18(16(3)12-14)5-4-6-19(13-17(20)21)7-9-22-10-8-19/h11-12H,4-10,13H2,1-3H3/q+1/p+1. The third-order valence-electron chi connectivity index (χ3n) is 4.63. The van der Waals surface area contributed by atoms with Crippen LogP contribution in [-0.2, 0) is 16.1 Å². The number of aliphatic carboxylic acids is 1. The molecule has 5 nitrogen and oxygen atoms in total. The van der Waals surface area contributed by atoms with Gasteiger partial charge in [0.05, 0.1) is 26.2 Å². The minimum absolute atomic E-state index is 0.208. The van der Waals surface area contributed by atoms with E-state index < -0.39 is 5.97 Å². The van der Waals surface area contributed by atoms with Crippen molar-refractivity contribution in [1.82, 2.24) is 0 Å². The van der Waals surface area contributed by atoms with Gasteiger partial charge in [-0.15, -0.1) is 0 Å². The molecule has 122 valence electrons. The molecule has 5 heteroatoms. The number of quaternary nitrogens is 1. The van der Waals surface area contributed by atoms with Crippen LogP contribution in [0.1, 0.15) is 23.4 Å². The van der Waals surface area contributed by atoms with Crippen LogP contribution in [0.2, 0.25) is 0 Å². The Bertz CT molecular complexity index is 514. The maximum atomic E-state index is 11.2. The minimum Gasteiger partial charge on any atom is -0.477 e. The highest BCUT2D eigenvalue weighted by atomic mass is 16.5. The lowest BCUT2D eigenvalue weighted by molar-refractivity contribution is -0.930. The van der Waals surface area contributed by atoms with Gasteiger partial charge in [-0.05, 0) is 12.5 Å². The van der Waals surface area contributed by atoms with E-state index in [0.29, 0.717) is 17.7 Å². The molecule has 0 spiro atoms. The lowest BCUT2D eigenvalue weighted by Gasteiger charge is -2.39. The highest BCUT2D eigenvalue weighted by molar-refractivity contribution is 5.67. The summed E-state index contributed by atoms with van der Waals surface area (Å²) < 4.78 is 8.39. The number of pyridine rings is 1. The molecule has 2 heterocycles. The molecule has 1 aromatic heterocycles. The Morgan fingerprint density at radius 3 is 2.36 bits per heavy atom. The summed E-state index contributed by atoms with van der Waals surface area (Å²) in [5, 5.41) is 9.20. The quantitative estimate of drug-likeness (QED) is 0.635. The van der Waals surface area contributed by atoms with E-state index in [1.165, 1.54) is 17.0 Å². The number of rotatable bonds is 6. The maximum absolute atomic E-state index is 11.2. The zero-order chi connectivity index (χ0) is 16.2. The Labute approximate surface area is 132 Å². The number of carboxylic acid groups (broad SMARTS) is 1. The van der Waals surface area contributed by atoms with Crippen LogP contribution >= 0.6 is 0 Å². The van der Waals surface area contributed by atoms with Crippen molar-refractivity contribution in [3.8, 4) is 0 Å². The fourth-order valence-electron chi connectivity index (χ4n) is 3.53. The van der Waals surface area contributed by atoms with Crippen molar-refractivity contribution < 1.29 is 23.7 Å². The van der Waals surface area contributed by atoms with Crippen molar-refractivity contribution in [1.29, 1.82) is 0 Å².